The molecular weight excluding hydrogens is 402 g/mol. The Kier molecular flexibility index (Phi) is 5.03. The van der Waals surface area contributed by atoms with E-state index in [0.717, 1.165) is 0 Å². The molecule has 2 rings (SSSR count). The standard InChI is InChI=1S/C15H20FIN2O3/c1-15(2,3)22-14(21)19-6-4-18(5-7-19)12-9-13(20)11(17)8-10(12)16/h8-9,20H,4-7H2,1-3H3. The van der Waals surface area contributed by atoms with Crippen LogP contribution in [0.15, 0.2) is 12.1 Å². The molecule has 1 N–H and O–H groups in total. The predicted molar refractivity (Wildman–Crippen MR) is 90.8 cm³/mol. The maximum Gasteiger partial charge on any atom is 0.410 e. The highest BCUT2D eigenvalue weighted by Gasteiger charge is 2.27. The minimum absolute atomic E-state index is 0.0616. The Morgan fingerprint density at radius 1 is 1.27 bits per heavy atom. The number of nitrogens with zero attached hydrogens (tertiary/aromatic N) is 2. The number of halogens is 2. The van der Waals surface area contributed by atoms with Crippen molar-refractivity contribution in [3.63, 3.8) is 0 Å². The smallest absolute Gasteiger partial charge is 0.410 e. The number of carbonyl (C=O) groups is 1. The molecule has 122 valence electrons. The van der Waals surface area contributed by atoms with E-state index in [1.54, 1.807) is 4.90 Å². The molecule has 7 heteroatoms. The fraction of sp³-hybridized carbons (Fsp3) is 0.533. The molecule has 0 unspecified atom stereocenters. The van der Waals surface area contributed by atoms with E-state index in [4.69, 9.17) is 4.74 Å². The number of benzene rings is 1. The number of aromatic hydroxyl groups is 1. The first-order chi connectivity index (χ1) is 10.2. The van der Waals surface area contributed by atoms with E-state index in [1.807, 2.05) is 48.3 Å². The van der Waals surface area contributed by atoms with Crippen LogP contribution in [0, 0.1) is 9.39 Å². The second kappa shape index (κ2) is 6.47. The number of ether oxygens (including phenoxy) is 1. The third kappa shape index (κ3) is 4.15. The van der Waals surface area contributed by atoms with E-state index >= 15 is 0 Å². The van der Waals surface area contributed by atoms with Gasteiger partial charge in [0.05, 0.1) is 9.26 Å². The van der Waals surface area contributed by atoms with Gasteiger partial charge in [0.15, 0.2) is 0 Å². The molecule has 1 amide bonds. The van der Waals surface area contributed by atoms with Crippen molar-refractivity contribution in [3.05, 3.63) is 21.5 Å². The second-order valence-corrected chi connectivity index (χ2v) is 7.37. The van der Waals surface area contributed by atoms with Crippen LogP contribution in [0.25, 0.3) is 0 Å². The van der Waals surface area contributed by atoms with Crippen molar-refractivity contribution in [2.45, 2.75) is 26.4 Å². The van der Waals surface area contributed by atoms with E-state index in [9.17, 15) is 14.3 Å². The molecule has 0 saturated carbocycles. The van der Waals surface area contributed by atoms with Gasteiger partial charge in [-0.1, -0.05) is 0 Å². The molecule has 1 aliphatic rings. The Morgan fingerprint density at radius 3 is 2.41 bits per heavy atom. The number of phenols is 1. The van der Waals surface area contributed by atoms with E-state index in [2.05, 4.69) is 0 Å². The lowest BCUT2D eigenvalue weighted by molar-refractivity contribution is 0.0240. The van der Waals surface area contributed by atoms with E-state index in [-0.39, 0.29) is 17.7 Å². The third-order valence-corrected chi connectivity index (χ3v) is 4.15. The molecule has 0 bridgehead atoms. The van der Waals surface area contributed by atoms with Gasteiger partial charge in [0.25, 0.3) is 0 Å². The van der Waals surface area contributed by atoms with Crippen molar-refractivity contribution in [2.75, 3.05) is 31.1 Å². The van der Waals surface area contributed by atoms with Crippen LogP contribution in [0.3, 0.4) is 0 Å². The van der Waals surface area contributed by atoms with Gasteiger partial charge in [-0.25, -0.2) is 9.18 Å². The van der Waals surface area contributed by atoms with Crippen LogP contribution >= 0.6 is 22.6 Å². The fourth-order valence-corrected chi connectivity index (χ4v) is 2.65. The summed E-state index contributed by atoms with van der Waals surface area (Å²) in [7, 11) is 0. The number of hydrogen-bond donors (Lipinski definition) is 1. The van der Waals surface area contributed by atoms with Gasteiger partial charge in [-0.15, -0.1) is 0 Å². The van der Waals surface area contributed by atoms with Gasteiger partial charge >= 0.3 is 6.09 Å². The van der Waals surface area contributed by atoms with Crippen LogP contribution in [0.2, 0.25) is 0 Å². The first-order valence-corrected chi connectivity index (χ1v) is 8.16. The van der Waals surface area contributed by atoms with Gasteiger partial charge in [0, 0.05) is 32.2 Å². The number of anilines is 1. The van der Waals surface area contributed by atoms with Crippen molar-refractivity contribution in [1.82, 2.24) is 4.90 Å². The van der Waals surface area contributed by atoms with Crippen LogP contribution in [0.5, 0.6) is 5.75 Å². The van der Waals surface area contributed by atoms with Gasteiger partial charge in [0.1, 0.15) is 17.2 Å². The Morgan fingerprint density at radius 2 is 1.86 bits per heavy atom. The minimum atomic E-state index is -0.526. The fourth-order valence-electron chi connectivity index (χ4n) is 2.23. The number of hydrogen-bond acceptors (Lipinski definition) is 4. The third-order valence-electron chi connectivity index (χ3n) is 3.29. The summed E-state index contributed by atoms with van der Waals surface area (Å²) in [6.45, 7) is 7.38. The van der Waals surface area contributed by atoms with Crippen LogP contribution in [-0.2, 0) is 4.74 Å². The quantitative estimate of drug-likeness (QED) is 0.707. The Bertz CT molecular complexity index is 567. The van der Waals surface area contributed by atoms with Crippen LogP contribution in [0.4, 0.5) is 14.9 Å². The van der Waals surface area contributed by atoms with Gasteiger partial charge in [-0.05, 0) is 49.4 Å². The zero-order valence-corrected chi connectivity index (χ0v) is 15.1. The van der Waals surface area contributed by atoms with Crippen LogP contribution in [-0.4, -0.2) is 47.9 Å². The number of carbonyl (C=O) groups excluding carboxylic acids is 1. The average Bonchev–Trinajstić information content (AvgIpc) is 2.41. The van der Waals surface area contributed by atoms with Crippen molar-refractivity contribution >= 4 is 34.4 Å². The maximum absolute atomic E-state index is 14.0. The summed E-state index contributed by atoms with van der Waals surface area (Å²) in [5.74, 6) is -0.306. The lowest BCUT2D eigenvalue weighted by Gasteiger charge is -2.36. The van der Waals surface area contributed by atoms with E-state index in [0.29, 0.717) is 35.4 Å². The summed E-state index contributed by atoms with van der Waals surface area (Å²) in [4.78, 5) is 15.4. The summed E-state index contributed by atoms with van der Waals surface area (Å²) >= 11 is 1.88. The summed E-state index contributed by atoms with van der Waals surface area (Å²) in [5, 5.41) is 9.74. The molecule has 1 saturated heterocycles. The van der Waals surface area contributed by atoms with E-state index in [1.165, 1.54) is 12.1 Å². The highest BCUT2D eigenvalue weighted by Crippen LogP contribution is 2.29. The minimum Gasteiger partial charge on any atom is -0.507 e. The largest absolute Gasteiger partial charge is 0.507 e. The van der Waals surface area contributed by atoms with E-state index < -0.39 is 5.60 Å². The van der Waals surface area contributed by atoms with Crippen molar-refractivity contribution in [3.8, 4) is 5.75 Å². The molecule has 1 aliphatic heterocycles. The normalized spacial score (nSPS) is 15.9. The first kappa shape index (κ1) is 17.1. The van der Waals surface area contributed by atoms with Gasteiger partial charge < -0.3 is 19.6 Å². The molecule has 1 heterocycles. The molecular formula is C15H20FIN2O3. The Labute approximate surface area is 143 Å². The predicted octanol–water partition coefficient (Wildman–Crippen LogP) is 3.19. The number of rotatable bonds is 1. The average molecular weight is 422 g/mol. The zero-order valence-electron chi connectivity index (χ0n) is 12.9. The van der Waals surface area contributed by atoms with Gasteiger partial charge in [0.2, 0.25) is 0 Å². The van der Waals surface area contributed by atoms with Crippen molar-refractivity contribution in [2.24, 2.45) is 0 Å². The van der Waals surface area contributed by atoms with Crippen LogP contribution in [0.1, 0.15) is 20.8 Å². The van der Waals surface area contributed by atoms with Gasteiger partial charge in [-0.2, -0.15) is 0 Å². The molecule has 0 spiro atoms. The zero-order chi connectivity index (χ0) is 16.5. The Balaban J connectivity index is 2.01. The summed E-state index contributed by atoms with van der Waals surface area (Å²) in [6, 6.07) is 2.74. The number of piperazine rings is 1. The lowest BCUT2D eigenvalue weighted by Crippen LogP contribution is -2.50. The SMILES string of the molecule is CC(C)(C)OC(=O)N1CCN(c2cc(O)c(I)cc2F)CC1. The molecule has 0 aromatic heterocycles. The summed E-state index contributed by atoms with van der Waals surface area (Å²) in [5.41, 5.74) is -0.163. The molecule has 0 radical (unpaired) electrons. The molecule has 0 aliphatic carbocycles. The van der Waals surface area contributed by atoms with Crippen molar-refractivity contribution < 1.29 is 19.0 Å². The molecule has 5 nitrogen and oxygen atoms in total. The monoisotopic (exact) mass is 422 g/mol. The molecule has 1 fully saturated rings. The molecule has 22 heavy (non-hydrogen) atoms. The molecule has 0 atom stereocenters. The number of phenolic OH excluding ortho intramolecular Hbond substituents is 1. The highest BCUT2D eigenvalue weighted by atomic mass is 127. The topological polar surface area (TPSA) is 53.0 Å². The summed E-state index contributed by atoms with van der Waals surface area (Å²) in [6.07, 6.45) is -0.349. The van der Waals surface area contributed by atoms with Gasteiger partial charge in [-0.3, -0.25) is 0 Å². The maximum atomic E-state index is 14.0. The second-order valence-electron chi connectivity index (χ2n) is 6.21. The Hall–Kier alpha value is -1.25. The summed E-state index contributed by atoms with van der Waals surface area (Å²) < 4.78 is 19.8. The van der Waals surface area contributed by atoms with Crippen molar-refractivity contribution in [1.29, 1.82) is 0 Å². The number of amides is 1. The van der Waals surface area contributed by atoms with Crippen LogP contribution < -0.4 is 4.90 Å². The lowest BCUT2D eigenvalue weighted by atomic mass is 10.2. The molecule has 1 aromatic carbocycles. The molecule has 1 aromatic rings. The highest BCUT2D eigenvalue weighted by molar-refractivity contribution is 14.1. The first-order valence-electron chi connectivity index (χ1n) is 7.08.